The molecule has 4 rings (SSSR count). The van der Waals surface area contributed by atoms with E-state index < -0.39 is 8.32 Å². The lowest BCUT2D eigenvalue weighted by Crippen LogP contribution is -2.55. The lowest BCUT2D eigenvalue weighted by atomic mass is 9.54. The molecule has 0 aromatic carbocycles. The molecule has 0 aliphatic heterocycles. The molecule has 2 nitrogen and oxygen atoms in total. The highest BCUT2D eigenvalue weighted by Crippen LogP contribution is 2.77. The zero-order valence-corrected chi connectivity index (χ0v) is 19.8. The second-order valence-corrected chi connectivity index (χ2v) is 17.2. The number of hydrogen-bond donors (Lipinski definition) is 1. The maximum absolute atomic E-state index is 10.0. The van der Waals surface area contributed by atoms with E-state index in [4.69, 9.17) is 4.43 Å². The van der Waals surface area contributed by atoms with Crippen molar-refractivity contribution in [1.29, 1.82) is 0 Å². The Labute approximate surface area is 168 Å². The van der Waals surface area contributed by atoms with Gasteiger partial charge >= 0.3 is 0 Å². The zero-order chi connectivity index (χ0) is 19.9. The highest BCUT2D eigenvalue weighted by molar-refractivity contribution is 6.74. The van der Waals surface area contributed by atoms with Crippen LogP contribution in [0, 0.1) is 28.1 Å². The Morgan fingerprint density at radius 1 is 1.19 bits per heavy atom. The summed E-state index contributed by atoms with van der Waals surface area (Å²) in [6, 6.07) is 0. The standard InChI is InChI=1S/C24H42O2Si/c1-21(2,3)27(6,7)26-19-9-8-12-24-16-22(4)13-10-17(15-25)20(22)18(24)11-14-23(19,24)5/h10,18-20,25H,8-9,11-16H2,1-7H3/t18-,19-,20-,22+,23-,24+/m0/s1. The van der Waals surface area contributed by atoms with Gasteiger partial charge in [0.2, 0.25) is 0 Å². The number of fused-ring (bicyclic) bond motifs is 2. The summed E-state index contributed by atoms with van der Waals surface area (Å²) in [5, 5.41) is 10.3. The van der Waals surface area contributed by atoms with E-state index >= 15 is 0 Å². The Hall–Kier alpha value is -0.123. The first-order valence-electron chi connectivity index (χ1n) is 11.4. The van der Waals surface area contributed by atoms with Gasteiger partial charge in [0.1, 0.15) is 0 Å². The van der Waals surface area contributed by atoms with Gasteiger partial charge in [0, 0.05) is 0 Å². The van der Waals surface area contributed by atoms with E-state index in [1.165, 1.54) is 50.5 Å². The normalized spacial score (nSPS) is 46.8. The van der Waals surface area contributed by atoms with Gasteiger partial charge < -0.3 is 9.53 Å². The third-order valence-corrected chi connectivity index (χ3v) is 14.6. The maximum atomic E-state index is 10.0. The Morgan fingerprint density at radius 2 is 1.89 bits per heavy atom. The number of rotatable bonds is 3. The molecule has 0 heterocycles. The largest absolute Gasteiger partial charge is 0.413 e. The molecule has 27 heavy (non-hydrogen) atoms. The van der Waals surface area contributed by atoms with E-state index in [1.807, 2.05) is 0 Å². The fraction of sp³-hybridized carbons (Fsp3) is 0.917. The van der Waals surface area contributed by atoms with Crippen molar-refractivity contribution in [1.82, 2.24) is 0 Å². The molecular weight excluding hydrogens is 348 g/mol. The molecule has 154 valence electrons. The molecule has 0 saturated heterocycles. The maximum Gasteiger partial charge on any atom is 0.192 e. The minimum absolute atomic E-state index is 0.271. The number of allylic oxidation sites excluding steroid dienone is 1. The Morgan fingerprint density at radius 3 is 2.52 bits per heavy atom. The first kappa shape index (κ1) is 20.2. The van der Waals surface area contributed by atoms with Crippen LogP contribution in [0.15, 0.2) is 11.6 Å². The van der Waals surface area contributed by atoms with Crippen molar-refractivity contribution in [2.75, 3.05) is 6.61 Å². The van der Waals surface area contributed by atoms with E-state index in [0.29, 0.717) is 28.3 Å². The van der Waals surface area contributed by atoms with Gasteiger partial charge in [-0.1, -0.05) is 47.1 Å². The topological polar surface area (TPSA) is 29.5 Å². The van der Waals surface area contributed by atoms with Crippen molar-refractivity contribution >= 4 is 8.32 Å². The molecule has 4 aliphatic rings. The van der Waals surface area contributed by atoms with Crippen LogP contribution in [-0.2, 0) is 4.43 Å². The quantitative estimate of drug-likeness (QED) is 0.452. The van der Waals surface area contributed by atoms with Crippen LogP contribution in [0.3, 0.4) is 0 Å². The van der Waals surface area contributed by atoms with E-state index in [9.17, 15) is 5.11 Å². The number of hydrogen-bond acceptors (Lipinski definition) is 2. The van der Waals surface area contributed by atoms with Crippen LogP contribution in [-0.4, -0.2) is 26.1 Å². The van der Waals surface area contributed by atoms with Gasteiger partial charge in [-0.05, 0) is 90.3 Å². The first-order chi connectivity index (χ1) is 12.4. The molecule has 3 saturated carbocycles. The fourth-order valence-corrected chi connectivity index (χ4v) is 9.22. The van der Waals surface area contributed by atoms with E-state index in [2.05, 4.69) is 53.8 Å². The molecule has 0 amide bonds. The molecule has 0 aromatic rings. The average Bonchev–Trinajstić information content (AvgIpc) is 3.09. The molecule has 1 N–H and O–H groups in total. The molecule has 0 bridgehead atoms. The minimum atomic E-state index is -1.77. The van der Waals surface area contributed by atoms with Crippen molar-refractivity contribution in [3.05, 3.63) is 11.6 Å². The summed E-state index contributed by atoms with van der Waals surface area (Å²) in [4.78, 5) is 0. The second-order valence-electron chi connectivity index (χ2n) is 12.4. The molecule has 0 radical (unpaired) electrons. The molecule has 3 fully saturated rings. The summed E-state index contributed by atoms with van der Waals surface area (Å²) >= 11 is 0. The van der Waals surface area contributed by atoms with Gasteiger partial charge in [0.15, 0.2) is 8.32 Å². The molecule has 0 unspecified atom stereocenters. The lowest BCUT2D eigenvalue weighted by molar-refractivity contribution is -0.0890. The van der Waals surface area contributed by atoms with Crippen molar-refractivity contribution < 1.29 is 9.53 Å². The first-order valence-corrected chi connectivity index (χ1v) is 14.3. The summed E-state index contributed by atoms with van der Waals surface area (Å²) in [6.07, 6.45) is 12.0. The zero-order valence-electron chi connectivity index (χ0n) is 18.8. The highest BCUT2D eigenvalue weighted by Gasteiger charge is 2.71. The van der Waals surface area contributed by atoms with Crippen LogP contribution in [0.2, 0.25) is 18.1 Å². The van der Waals surface area contributed by atoms with Gasteiger partial charge in [-0.3, -0.25) is 0 Å². The Bertz CT molecular complexity index is 647. The predicted molar refractivity (Wildman–Crippen MR) is 115 cm³/mol. The number of aliphatic hydroxyl groups is 1. The Balaban J connectivity index is 1.68. The summed E-state index contributed by atoms with van der Waals surface area (Å²) < 4.78 is 7.15. The molecule has 3 heteroatoms. The van der Waals surface area contributed by atoms with Gasteiger partial charge in [-0.15, -0.1) is 0 Å². The smallest absolute Gasteiger partial charge is 0.192 e. The monoisotopic (exact) mass is 390 g/mol. The highest BCUT2D eigenvalue weighted by atomic mass is 28.4. The van der Waals surface area contributed by atoms with Crippen LogP contribution in [0.25, 0.3) is 0 Å². The van der Waals surface area contributed by atoms with Crippen LogP contribution in [0.5, 0.6) is 0 Å². The molecule has 6 atom stereocenters. The third-order valence-electron chi connectivity index (χ3n) is 10.1. The fourth-order valence-electron chi connectivity index (χ4n) is 7.78. The van der Waals surface area contributed by atoms with E-state index in [1.54, 1.807) is 0 Å². The van der Waals surface area contributed by atoms with E-state index in [0.717, 1.165) is 5.92 Å². The average molecular weight is 391 g/mol. The van der Waals surface area contributed by atoms with Crippen LogP contribution < -0.4 is 0 Å². The second kappa shape index (κ2) is 5.95. The van der Waals surface area contributed by atoms with Gasteiger partial charge in [0.05, 0.1) is 12.7 Å². The van der Waals surface area contributed by atoms with Gasteiger partial charge in [-0.2, -0.15) is 0 Å². The van der Waals surface area contributed by atoms with Crippen LogP contribution >= 0.6 is 0 Å². The summed E-state index contributed by atoms with van der Waals surface area (Å²) in [6.45, 7) is 17.4. The molecule has 0 aromatic heterocycles. The summed E-state index contributed by atoms with van der Waals surface area (Å²) in [5.74, 6) is 1.38. The van der Waals surface area contributed by atoms with Crippen LogP contribution in [0.1, 0.15) is 79.6 Å². The van der Waals surface area contributed by atoms with Crippen molar-refractivity contribution in [2.24, 2.45) is 28.1 Å². The number of aliphatic hydroxyl groups excluding tert-OH is 1. The summed E-state index contributed by atoms with van der Waals surface area (Å²) in [5.41, 5.74) is 2.49. The Kier molecular flexibility index (Phi) is 4.44. The lowest BCUT2D eigenvalue weighted by Gasteiger charge is -2.56. The van der Waals surface area contributed by atoms with Gasteiger partial charge in [0.25, 0.3) is 0 Å². The molecule has 1 spiro atoms. The minimum Gasteiger partial charge on any atom is -0.413 e. The van der Waals surface area contributed by atoms with Crippen molar-refractivity contribution in [2.45, 2.75) is 104 Å². The van der Waals surface area contributed by atoms with Crippen molar-refractivity contribution in [3.63, 3.8) is 0 Å². The van der Waals surface area contributed by atoms with E-state index in [-0.39, 0.29) is 11.6 Å². The van der Waals surface area contributed by atoms with Crippen LogP contribution in [0.4, 0.5) is 0 Å². The van der Waals surface area contributed by atoms with Gasteiger partial charge in [-0.25, -0.2) is 0 Å². The molecular formula is C24H42O2Si. The van der Waals surface area contributed by atoms with Crippen molar-refractivity contribution in [3.8, 4) is 0 Å². The molecule has 4 aliphatic carbocycles. The predicted octanol–water partition coefficient (Wildman–Crippen LogP) is 6.31. The third kappa shape index (κ3) is 2.56. The summed E-state index contributed by atoms with van der Waals surface area (Å²) in [7, 11) is -1.77. The SMILES string of the molecule is CC(C)(C)[Si](C)(C)O[C@H]1CCC[C@@]23C[C@@]4(C)CC=C(CO)[C@H]4[C@@H]2CC[C@@]13C.